The van der Waals surface area contributed by atoms with Crippen LogP contribution in [0.1, 0.15) is 113 Å². The molecule has 2 aliphatic heterocycles. The van der Waals surface area contributed by atoms with Crippen LogP contribution >= 0.6 is 39.3 Å². The summed E-state index contributed by atoms with van der Waals surface area (Å²) in [5.41, 5.74) is 8.96. The number of anilines is 4. The van der Waals surface area contributed by atoms with E-state index in [4.69, 9.17) is 36.8 Å². The average molecular weight is 1070 g/mol. The minimum Gasteiger partial charge on any atom is -0.322 e. The molecular weight excluding hydrogens is 1010 g/mol. The number of phosphoric ester groups is 1. The fourth-order valence-corrected chi connectivity index (χ4v) is 10.3. The fourth-order valence-electron chi connectivity index (χ4n) is 8.78. The number of nitrogens with zero attached hydrogens (tertiary/aromatic N) is 2. The Morgan fingerprint density at radius 1 is 0.603 bits per heavy atom. The second-order valence-corrected chi connectivity index (χ2v) is 20.9. The van der Waals surface area contributed by atoms with Crippen molar-refractivity contribution in [1.82, 2.24) is 0 Å². The first-order valence-corrected chi connectivity index (χ1v) is 26.7. The highest BCUT2D eigenvalue weighted by atomic mass is 35.5. The predicted octanol–water partition coefficient (Wildman–Crippen LogP) is 13.5. The largest absolute Gasteiger partial charge is 0.697 e. The third-order valence-electron chi connectivity index (χ3n) is 12.5. The first kappa shape index (κ1) is 54.7. The van der Waals surface area contributed by atoms with Gasteiger partial charge in [-0.25, -0.2) is 4.57 Å². The summed E-state index contributed by atoms with van der Waals surface area (Å²) in [5, 5.41) is 6.71. The molecule has 4 unspecified atom stereocenters. The van der Waals surface area contributed by atoms with E-state index in [1.54, 1.807) is 94.7 Å². The van der Waals surface area contributed by atoms with E-state index in [-0.39, 0.29) is 23.6 Å². The summed E-state index contributed by atoms with van der Waals surface area (Å²) in [6, 6.07) is 35.3. The number of carbonyl (C=O) groups excluding carboxylic acids is 4. The lowest BCUT2D eigenvalue weighted by Crippen LogP contribution is -2.32. The fraction of sp³-hybridized carbons (Fsp3) is 0.259. The Morgan fingerprint density at radius 3 is 1.47 bits per heavy atom. The first-order chi connectivity index (χ1) is 34.9. The van der Waals surface area contributed by atoms with Gasteiger partial charge in [0.15, 0.2) is 0 Å². The maximum Gasteiger partial charge on any atom is 0.697 e. The minimum absolute atomic E-state index is 0.176. The average Bonchev–Trinajstić information content (AvgIpc) is 3.64. The topological polar surface area (TPSA) is 190 Å². The van der Waals surface area contributed by atoms with Crippen LogP contribution in [0.15, 0.2) is 121 Å². The van der Waals surface area contributed by atoms with Crippen LogP contribution < -0.4 is 20.4 Å². The van der Waals surface area contributed by atoms with Gasteiger partial charge in [0.1, 0.15) is 6.10 Å². The van der Waals surface area contributed by atoms with Gasteiger partial charge in [-0.05, 0) is 161 Å². The molecule has 3 N–H and O–H groups in total. The zero-order valence-corrected chi connectivity index (χ0v) is 44.3. The second-order valence-electron chi connectivity index (χ2n) is 17.4. The molecule has 380 valence electrons. The van der Waals surface area contributed by atoms with Crippen molar-refractivity contribution in [3.05, 3.63) is 187 Å². The number of benzene rings is 6. The van der Waals surface area contributed by atoms with Gasteiger partial charge < -0.3 is 25.3 Å². The molecule has 2 aliphatic rings. The summed E-state index contributed by atoms with van der Waals surface area (Å²) in [7, 11) is -4.13. The van der Waals surface area contributed by atoms with E-state index in [9.17, 15) is 33.2 Å². The Labute approximate surface area is 435 Å². The molecule has 0 fully saturated rings. The van der Waals surface area contributed by atoms with Crippen molar-refractivity contribution < 1.29 is 51.3 Å². The molecule has 4 amide bonds. The van der Waals surface area contributed by atoms with Gasteiger partial charge in [-0.1, -0.05) is 59.6 Å². The molecule has 0 radical (unpaired) electrons. The number of carbonyl (C=O) groups is 4. The summed E-state index contributed by atoms with van der Waals surface area (Å²) in [5.74, 6) is -0.842. The second kappa shape index (κ2) is 24.3. The van der Waals surface area contributed by atoms with Crippen molar-refractivity contribution >= 4 is 85.7 Å². The van der Waals surface area contributed by atoms with Gasteiger partial charge in [0.05, 0.1) is 18.9 Å². The Kier molecular flexibility index (Phi) is 18.2. The van der Waals surface area contributed by atoms with Gasteiger partial charge in [-0.15, -0.1) is 9.05 Å². The monoisotopic (exact) mass is 1070 g/mol. The molecule has 0 aliphatic carbocycles. The number of amides is 4. The number of hydrogen-bond donors (Lipinski definition) is 3. The molecule has 6 aromatic carbocycles. The molecule has 2 heterocycles. The van der Waals surface area contributed by atoms with E-state index < -0.39 is 28.3 Å². The summed E-state index contributed by atoms with van der Waals surface area (Å²) in [6.07, 6.45) is 0.829. The third-order valence-corrected chi connectivity index (χ3v) is 14.7. The van der Waals surface area contributed by atoms with Gasteiger partial charge in [-0.3, -0.25) is 28.2 Å². The Balaban J connectivity index is 0.000000214. The van der Waals surface area contributed by atoms with Crippen molar-refractivity contribution in [3.63, 3.8) is 0 Å². The highest BCUT2D eigenvalue weighted by Crippen LogP contribution is 2.51. The molecule has 0 aromatic heterocycles. The molecule has 0 saturated heterocycles. The number of hydrogen-bond acceptors (Lipinski definition) is 10. The Morgan fingerprint density at radius 2 is 1.04 bits per heavy atom. The van der Waals surface area contributed by atoms with Gasteiger partial charge >= 0.3 is 16.1 Å². The SMILES string of the molecule is COP(=O)(O)OC1CCCN(C(=O)c2ccc(NC(=O)c3ccccc3C)cc2C)c2ccc(Cl)cc21.CO[P+](=O)OC1CCCN(C(=O)c2ccc(NC(=O)c3ccccc3C)cc2C)c2ccc(Cl)cc21. The summed E-state index contributed by atoms with van der Waals surface area (Å²) in [6.45, 7) is 8.25. The molecule has 8 rings (SSSR count). The summed E-state index contributed by atoms with van der Waals surface area (Å²) < 4.78 is 44.5. The molecule has 0 bridgehead atoms. The minimum atomic E-state index is -4.27. The summed E-state index contributed by atoms with van der Waals surface area (Å²) in [4.78, 5) is 66.0. The lowest BCUT2D eigenvalue weighted by Gasteiger charge is -2.25. The number of fused-ring (bicyclic) bond motifs is 2. The molecule has 19 heteroatoms. The van der Waals surface area contributed by atoms with Crippen molar-refractivity contribution in [2.45, 2.75) is 65.6 Å². The van der Waals surface area contributed by atoms with Gasteiger partial charge in [-0.2, -0.15) is 0 Å². The van der Waals surface area contributed by atoms with E-state index in [2.05, 4.69) is 15.2 Å². The number of nitrogens with one attached hydrogen (secondary N) is 2. The zero-order valence-electron chi connectivity index (χ0n) is 41.0. The lowest BCUT2D eigenvalue weighted by molar-refractivity contribution is 0.0978. The van der Waals surface area contributed by atoms with Gasteiger partial charge in [0, 0.05) is 85.3 Å². The van der Waals surface area contributed by atoms with Crippen LogP contribution in [0.25, 0.3) is 0 Å². The Bertz CT molecular complexity index is 3140. The van der Waals surface area contributed by atoms with E-state index in [1.165, 1.54) is 7.11 Å². The van der Waals surface area contributed by atoms with Crippen molar-refractivity contribution in [2.24, 2.45) is 0 Å². The molecule has 15 nitrogen and oxygen atoms in total. The molecule has 0 spiro atoms. The van der Waals surface area contributed by atoms with Crippen LogP contribution in [-0.4, -0.2) is 55.8 Å². The van der Waals surface area contributed by atoms with Gasteiger partial charge in [0.2, 0.25) is 0 Å². The predicted molar refractivity (Wildman–Crippen MR) is 284 cm³/mol. The van der Waals surface area contributed by atoms with Crippen molar-refractivity contribution in [2.75, 3.05) is 47.7 Å². The van der Waals surface area contributed by atoms with E-state index in [0.717, 1.165) is 23.8 Å². The third kappa shape index (κ3) is 13.4. The highest BCUT2D eigenvalue weighted by Gasteiger charge is 2.36. The van der Waals surface area contributed by atoms with E-state index in [0.29, 0.717) is 111 Å². The van der Waals surface area contributed by atoms with Crippen molar-refractivity contribution in [3.8, 4) is 0 Å². The standard InChI is InChI=1S/C27H28ClN2O6P.C27H26ClN2O5P/c1-17-7-4-5-8-21(17)26(31)29-20-11-12-22(18(2)15-20)27(32)30-14-6-9-25(36-37(33,34)35-3)23-16-19(28)10-13-24(23)30;1-17-7-4-5-8-21(17)26(31)29-20-11-12-22(18(2)15-20)27(32)30-14-6-9-25(35-36(33)34-3)23-16-19(28)10-13-24(23)30/h4-5,7-8,10-13,15-16,25H,6,9,14H2,1-3H3,(H,29,31)(H,33,34);4-5,7-8,10-13,15-16,25H,6,9,14H2,1-3H3/p+1. The van der Waals surface area contributed by atoms with Crippen LogP contribution in [0.3, 0.4) is 0 Å². The summed E-state index contributed by atoms with van der Waals surface area (Å²) >= 11 is 12.5. The maximum absolute atomic E-state index is 13.7. The highest BCUT2D eigenvalue weighted by molar-refractivity contribution is 7.47. The van der Waals surface area contributed by atoms with Crippen LogP contribution in [-0.2, 0) is 27.2 Å². The lowest BCUT2D eigenvalue weighted by atomic mass is 10.0. The quantitative estimate of drug-likeness (QED) is 0.0989. The van der Waals surface area contributed by atoms with E-state index >= 15 is 0 Å². The van der Waals surface area contributed by atoms with Crippen LogP contribution in [0.4, 0.5) is 22.7 Å². The molecule has 6 aromatic rings. The van der Waals surface area contributed by atoms with Gasteiger partial charge in [0.25, 0.3) is 23.6 Å². The van der Waals surface area contributed by atoms with Crippen LogP contribution in [0, 0.1) is 27.7 Å². The molecule has 4 atom stereocenters. The number of aryl methyl sites for hydroxylation is 4. The van der Waals surface area contributed by atoms with Crippen LogP contribution in [0.5, 0.6) is 0 Å². The normalized spacial score (nSPS) is 16.3. The number of rotatable bonds is 12. The maximum atomic E-state index is 13.7. The zero-order chi connectivity index (χ0) is 52.6. The smallest absolute Gasteiger partial charge is 0.322 e. The molecular formula is C54H55Cl2N4O11P2+. The Hall–Kier alpha value is -6.09. The van der Waals surface area contributed by atoms with Crippen molar-refractivity contribution in [1.29, 1.82) is 0 Å². The van der Waals surface area contributed by atoms with Crippen LogP contribution in [0.2, 0.25) is 10.0 Å². The molecule has 73 heavy (non-hydrogen) atoms. The first-order valence-electron chi connectivity index (χ1n) is 23.3. The van der Waals surface area contributed by atoms with E-state index in [1.807, 2.05) is 64.1 Å². The number of phosphoric acid groups is 1. The molecule has 0 saturated carbocycles. The number of halogens is 2.